The first-order valence-corrected chi connectivity index (χ1v) is 9.68. The summed E-state index contributed by atoms with van der Waals surface area (Å²) >= 11 is 2.61. The Balaban J connectivity index is 1.41. The number of aromatic nitrogens is 2. The number of carbonyl (C=O) groups is 2. The van der Waals surface area contributed by atoms with Gasteiger partial charge in [0.15, 0.2) is 0 Å². The van der Waals surface area contributed by atoms with Gasteiger partial charge in [-0.2, -0.15) is 0 Å². The van der Waals surface area contributed by atoms with Crippen LogP contribution in [0.3, 0.4) is 0 Å². The first kappa shape index (κ1) is 17.0. The predicted octanol–water partition coefficient (Wildman–Crippen LogP) is 3.05. The number of hydrogen-bond donors (Lipinski definition) is 2. The molecule has 2 aromatic rings. The molecule has 0 aliphatic heterocycles. The molecule has 0 spiro atoms. The van der Waals surface area contributed by atoms with E-state index in [2.05, 4.69) is 20.8 Å². The summed E-state index contributed by atoms with van der Waals surface area (Å²) in [4.78, 5) is 24.5. The smallest absolute Gasteiger partial charge is 0.321 e. The number of thiophene rings is 1. The van der Waals surface area contributed by atoms with Crippen LogP contribution < -0.4 is 10.6 Å². The van der Waals surface area contributed by atoms with Gasteiger partial charge >= 0.3 is 6.03 Å². The van der Waals surface area contributed by atoms with E-state index >= 15 is 0 Å². The molecule has 128 valence electrons. The van der Waals surface area contributed by atoms with E-state index in [0.29, 0.717) is 11.1 Å². The van der Waals surface area contributed by atoms with E-state index < -0.39 is 6.03 Å². The van der Waals surface area contributed by atoms with Crippen molar-refractivity contribution in [1.29, 1.82) is 0 Å². The molecule has 0 aromatic carbocycles. The zero-order chi connectivity index (χ0) is 16.8. The van der Waals surface area contributed by atoms with Crippen LogP contribution in [0.5, 0.6) is 0 Å². The molecule has 3 rings (SSSR count). The zero-order valence-corrected chi connectivity index (χ0v) is 14.6. The minimum absolute atomic E-state index is 0.0458. The molecule has 2 aromatic heterocycles. The van der Waals surface area contributed by atoms with Crippen molar-refractivity contribution in [2.45, 2.75) is 43.4 Å². The number of thioether (sulfide) groups is 1. The number of nitrogens with one attached hydrogen (secondary N) is 2. The Morgan fingerprint density at radius 1 is 1.29 bits per heavy atom. The Hall–Kier alpha value is -1.87. The summed E-state index contributed by atoms with van der Waals surface area (Å²) in [5.74, 6) is 0.0941. The second-order valence-electron chi connectivity index (χ2n) is 5.50. The average Bonchev–Trinajstić information content (AvgIpc) is 3.25. The summed E-state index contributed by atoms with van der Waals surface area (Å²) in [6, 6.07) is 3.52. The fourth-order valence-corrected chi connectivity index (χ4v) is 3.73. The van der Waals surface area contributed by atoms with Crippen molar-refractivity contribution in [1.82, 2.24) is 20.8 Å². The van der Waals surface area contributed by atoms with Crippen molar-refractivity contribution < 1.29 is 14.0 Å². The molecule has 2 heterocycles. The number of rotatable bonds is 5. The van der Waals surface area contributed by atoms with Crippen LogP contribution in [0.1, 0.15) is 32.1 Å². The molecular weight excluding hydrogens is 348 g/mol. The SMILES string of the molecule is O=C(CSc1nnc(-c2cccs2)o1)NC(=O)NC1CCCCC1. The molecule has 1 fully saturated rings. The van der Waals surface area contributed by atoms with Gasteiger partial charge in [0.05, 0.1) is 10.6 Å². The first-order valence-electron chi connectivity index (χ1n) is 7.81. The normalized spacial score (nSPS) is 15.2. The Morgan fingerprint density at radius 2 is 2.12 bits per heavy atom. The zero-order valence-electron chi connectivity index (χ0n) is 13.0. The third-order valence-electron chi connectivity index (χ3n) is 3.66. The highest BCUT2D eigenvalue weighted by atomic mass is 32.2. The van der Waals surface area contributed by atoms with E-state index in [1.54, 1.807) is 0 Å². The van der Waals surface area contributed by atoms with Crippen LogP contribution in [0.4, 0.5) is 4.79 Å². The maximum Gasteiger partial charge on any atom is 0.321 e. The molecule has 1 aliphatic rings. The van der Waals surface area contributed by atoms with Gasteiger partial charge in [-0.25, -0.2) is 4.79 Å². The van der Waals surface area contributed by atoms with E-state index in [9.17, 15) is 9.59 Å². The van der Waals surface area contributed by atoms with Crippen molar-refractivity contribution in [2.24, 2.45) is 0 Å². The Labute approximate surface area is 147 Å². The van der Waals surface area contributed by atoms with E-state index in [1.165, 1.54) is 17.8 Å². The molecule has 0 bridgehead atoms. The molecule has 3 amide bonds. The van der Waals surface area contributed by atoms with Gasteiger partial charge < -0.3 is 9.73 Å². The highest BCUT2D eigenvalue weighted by Gasteiger charge is 2.17. The Morgan fingerprint density at radius 3 is 2.88 bits per heavy atom. The topological polar surface area (TPSA) is 97.1 Å². The summed E-state index contributed by atoms with van der Waals surface area (Å²) in [5.41, 5.74) is 0. The monoisotopic (exact) mass is 366 g/mol. The Kier molecular flexibility index (Phi) is 5.86. The summed E-state index contributed by atoms with van der Waals surface area (Å²) < 4.78 is 5.48. The van der Waals surface area contributed by atoms with Crippen LogP contribution in [0, 0.1) is 0 Å². The molecule has 7 nitrogen and oxygen atoms in total. The quantitative estimate of drug-likeness (QED) is 0.790. The molecule has 2 N–H and O–H groups in total. The predicted molar refractivity (Wildman–Crippen MR) is 91.9 cm³/mol. The fraction of sp³-hybridized carbons (Fsp3) is 0.467. The number of amides is 3. The average molecular weight is 366 g/mol. The van der Waals surface area contributed by atoms with Crippen LogP contribution >= 0.6 is 23.1 Å². The van der Waals surface area contributed by atoms with Crippen molar-refractivity contribution >= 4 is 35.0 Å². The van der Waals surface area contributed by atoms with E-state index in [-0.39, 0.29) is 17.7 Å². The first-order chi connectivity index (χ1) is 11.7. The Bertz CT molecular complexity index is 681. The van der Waals surface area contributed by atoms with Gasteiger partial charge in [0.25, 0.3) is 11.1 Å². The maximum atomic E-state index is 11.8. The minimum Gasteiger partial charge on any atom is -0.410 e. The number of hydrogen-bond acceptors (Lipinski definition) is 7. The lowest BCUT2D eigenvalue weighted by Gasteiger charge is -2.22. The number of nitrogens with zero attached hydrogens (tertiary/aromatic N) is 2. The van der Waals surface area contributed by atoms with Crippen LogP contribution in [-0.4, -0.2) is 33.9 Å². The van der Waals surface area contributed by atoms with Gasteiger partial charge in [0.1, 0.15) is 0 Å². The second kappa shape index (κ2) is 8.29. The third kappa shape index (κ3) is 4.81. The third-order valence-corrected chi connectivity index (χ3v) is 5.33. The summed E-state index contributed by atoms with van der Waals surface area (Å²) in [6.45, 7) is 0. The molecule has 0 radical (unpaired) electrons. The van der Waals surface area contributed by atoms with E-state index in [0.717, 1.165) is 42.3 Å². The molecule has 1 aliphatic carbocycles. The molecule has 0 atom stereocenters. The number of imide groups is 1. The van der Waals surface area contributed by atoms with Crippen LogP contribution in [0.15, 0.2) is 27.2 Å². The minimum atomic E-state index is -0.433. The second-order valence-corrected chi connectivity index (χ2v) is 7.37. The molecule has 24 heavy (non-hydrogen) atoms. The van der Waals surface area contributed by atoms with Crippen LogP contribution in [0.2, 0.25) is 0 Å². The van der Waals surface area contributed by atoms with Gasteiger partial charge in [-0.15, -0.1) is 21.5 Å². The van der Waals surface area contributed by atoms with Crippen LogP contribution in [-0.2, 0) is 4.79 Å². The van der Waals surface area contributed by atoms with Gasteiger partial charge in [-0.1, -0.05) is 37.1 Å². The summed E-state index contributed by atoms with van der Waals surface area (Å²) in [7, 11) is 0. The van der Waals surface area contributed by atoms with E-state index in [1.807, 2.05) is 17.5 Å². The van der Waals surface area contributed by atoms with Gasteiger partial charge in [0.2, 0.25) is 5.91 Å². The lowest BCUT2D eigenvalue weighted by molar-refractivity contribution is -0.117. The van der Waals surface area contributed by atoms with Gasteiger partial charge in [-0.3, -0.25) is 10.1 Å². The van der Waals surface area contributed by atoms with Crippen molar-refractivity contribution in [2.75, 3.05) is 5.75 Å². The van der Waals surface area contributed by atoms with Gasteiger partial charge in [0, 0.05) is 6.04 Å². The standard InChI is InChI=1S/C15H18N4O3S2/c20-12(17-14(21)16-10-5-2-1-3-6-10)9-24-15-19-18-13(22-15)11-7-4-8-23-11/h4,7-8,10H,1-3,5-6,9H2,(H2,16,17,20,21). The molecule has 1 saturated carbocycles. The summed E-state index contributed by atoms with van der Waals surface area (Å²) in [6.07, 6.45) is 5.41. The maximum absolute atomic E-state index is 11.8. The highest BCUT2D eigenvalue weighted by molar-refractivity contribution is 7.99. The fourth-order valence-electron chi connectivity index (χ4n) is 2.53. The molecule has 0 unspecified atom stereocenters. The lowest BCUT2D eigenvalue weighted by atomic mass is 9.96. The largest absolute Gasteiger partial charge is 0.410 e. The number of urea groups is 1. The van der Waals surface area contributed by atoms with Crippen molar-refractivity contribution in [3.63, 3.8) is 0 Å². The summed E-state index contributed by atoms with van der Waals surface area (Å²) in [5, 5.41) is 15.2. The van der Waals surface area contributed by atoms with Gasteiger partial charge in [-0.05, 0) is 24.3 Å². The van der Waals surface area contributed by atoms with Crippen molar-refractivity contribution in [3.05, 3.63) is 17.5 Å². The van der Waals surface area contributed by atoms with Crippen LogP contribution in [0.25, 0.3) is 10.8 Å². The molecular formula is C15H18N4O3S2. The highest BCUT2D eigenvalue weighted by Crippen LogP contribution is 2.26. The van der Waals surface area contributed by atoms with E-state index in [4.69, 9.17) is 4.42 Å². The lowest BCUT2D eigenvalue weighted by Crippen LogP contribution is -2.45. The molecule has 9 heteroatoms. The number of carbonyl (C=O) groups excluding carboxylic acids is 2. The van der Waals surface area contributed by atoms with Crippen molar-refractivity contribution in [3.8, 4) is 10.8 Å². The molecule has 0 saturated heterocycles.